The highest BCUT2D eigenvalue weighted by atomic mass is 127. The number of nitrogens with one attached hydrogen (secondary N) is 2. The molecule has 1 atom stereocenters. The molecule has 116 valence electrons. The molecule has 1 amide bonds. The molecule has 1 aliphatic rings. The number of nitrogens with zero attached hydrogens (tertiary/aromatic N) is 2. The summed E-state index contributed by atoms with van der Waals surface area (Å²) in [6.07, 6.45) is 0.525. The lowest BCUT2D eigenvalue weighted by Crippen LogP contribution is -2.44. The summed E-state index contributed by atoms with van der Waals surface area (Å²) in [5.74, 6) is 0.949. The number of carbonyl (C=O) groups is 1. The second-order valence-corrected chi connectivity index (χ2v) is 4.91. The van der Waals surface area contributed by atoms with Gasteiger partial charge in [0, 0.05) is 33.1 Å². The number of aliphatic imine (C=N–C) groups is 1. The average Bonchev–Trinajstić information content (AvgIpc) is 2.79. The molecule has 5 nitrogen and oxygen atoms in total. The van der Waals surface area contributed by atoms with E-state index in [1.54, 1.807) is 7.05 Å². The van der Waals surface area contributed by atoms with Gasteiger partial charge in [-0.3, -0.25) is 9.79 Å². The minimum Gasteiger partial charge on any atom is -0.357 e. The topological polar surface area (TPSA) is 56.7 Å². The maximum atomic E-state index is 12.0. The third kappa shape index (κ3) is 5.18. The Morgan fingerprint density at radius 3 is 2.71 bits per heavy atom. The quantitative estimate of drug-likeness (QED) is 0.457. The number of amides is 1. The molecule has 1 aromatic rings. The van der Waals surface area contributed by atoms with Gasteiger partial charge >= 0.3 is 0 Å². The van der Waals surface area contributed by atoms with E-state index in [-0.39, 0.29) is 35.9 Å². The minimum absolute atomic E-state index is 0. The maximum Gasteiger partial charge on any atom is 0.225 e. The van der Waals surface area contributed by atoms with E-state index in [1.165, 1.54) is 0 Å². The fraction of sp³-hybridized carbons (Fsp3) is 0.467. The second-order valence-electron chi connectivity index (χ2n) is 4.91. The zero-order chi connectivity index (χ0) is 14.4. The summed E-state index contributed by atoms with van der Waals surface area (Å²) >= 11 is 0. The largest absolute Gasteiger partial charge is 0.357 e. The van der Waals surface area contributed by atoms with Gasteiger partial charge in [-0.1, -0.05) is 30.3 Å². The van der Waals surface area contributed by atoms with Crippen LogP contribution >= 0.6 is 24.0 Å². The lowest BCUT2D eigenvalue weighted by Gasteiger charge is -2.18. The Labute approximate surface area is 143 Å². The summed E-state index contributed by atoms with van der Waals surface area (Å²) in [4.78, 5) is 18.1. The van der Waals surface area contributed by atoms with Crippen molar-refractivity contribution in [3.63, 3.8) is 0 Å². The van der Waals surface area contributed by atoms with E-state index < -0.39 is 0 Å². The highest BCUT2D eigenvalue weighted by Crippen LogP contribution is 2.14. The van der Waals surface area contributed by atoms with Crippen LogP contribution < -0.4 is 10.6 Å². The van der Waals surface area contributed by atoms with Gasteiger partial charge in [0.15, 0.2) is 5.96 Å². The van der Waals surface area contributed by atoms with Gasteiger partial charge in [-0.2, -0.15) is 0 Å². The molecular weight excluding hydrogens is 379 g/mol. The van der Waals surface area contributed by atoms with E-state index in [1.807, 2.05) is 42.2 Å². The fourth-order valence-electron chi connectivity index (χ4n) is 2.38. The van der Waals surface area contributed by atoms with Gasteiger partial charge < -0.3 is 15.5 Å². The van der Waals surface area contributed by atoms with E-state index in [9.17, 15) is 4.79 Å². The Balaban J connectivity index is 0.00000220. The molecule has 21 heavy (non-hydrogen) atoms. The number of hydrogen-bond donors (Lipinski definition) is 2. The molecule has 1 aromatic carbocycles. The molecule has 6 heteroatoms. The SMILES string of the molecule is CCNC(=NC)NC1CC(=O)N(Cc2ccccc2)C1.I. The molecule has 1 fully saturated rings. The van der Waals surface area contributed by atoms with Crippen molar-refractivity contribution in [1.29, 1.82) is 0 Å². The molecule has 1 aliphatic heterocycles. The number of halogens is 1. The normalized spacial score (nSPS) is 18.4. The van der Waals surface area contributed by atoms with Crippen LogP contribution in [0.25, 0.3) is 0 Å². The molecule has 0 aromatic heterocycles. The highest BCUT2D eigenvalue weighted by Gasteiger charge is 2.29. The van der Waals surface area contributed by atoms with Gasteiger partial charge in [0.1, 0.15) is 0 Å². The van der Waals surface area contributed by atoms with Crippen molar-refractivity contribution in [2.24, 2.45) is 4.99 Å². The standard InChI is InChI=1S/C15H22N4O.HI/c1-3-17-15(16-2)18-13-9-14(20)19(11-13)10-12-7-5-4-6-8-12;/h4-8,13H,3,9-11H2,1-2H3,(H2,16,17,18);1H. The smallest absolute Gasteiger partial charge is 0.225 e. The van der Waals surface area contributed by atoms with E-state index in [0.717, 1.165) is 24.6 Å². The van der Waals surface area contributed by atoms with Crippen LogP contribution in [0.3, 0.4) is 0 Å². The summed E-state index contributed by atoms with van der Waals surface area (Å²) in [5.41, 5.74) is 1.16. The van der Waals surface area contributed by atoms with Crippen molar-refractivity contribution in [3.8, 4) is 0 Å². The van der Waals surface area contributed by atoms with E-state index in [4.69, 9.17) is 0 Å². The van der Waals surface area contributed by atoms with Gasteiger partial charge in [-0.25, -0.2) is 0 Å². The van der Waals surface area contributed by atoms with Crippen LogP contribution in [0.15, 0.2) is 35.3 Å². The Kier molecular flexibility index (Phi) is 7.49. The van der Waals surface area contributed by atoms with Crippen molar-refractivity contribution >= 4 is 35.8 Å². The van der Waals surface area contributed by atoms with Crippen LogP contribution in [0.1, 0.15) is 18.9 Å². The van der Waals surface area contributed by atoms with Crippen LogP contribution in [0, 0.1) is 0 Å². The molecule has 0 bridgehead atoms. The summed E-state index contributed by atoms with van der Waals surface area (Å²) in [6.45, 7) is 4.23. The van der Waals surface area contributed by atoms with Crippen molar-refractivity contribution in [2.45, 2.75) is 25.9 Å². The molecule has 1 heterocycles. The number of hydrogen-bond acceptors (Lipinski definition) is 2. The van der Waals surface area contributed by atoms with Crippen LogP contribution in [0.4, 0.5) is 0 Å². The van der Waals surface area contributed by atoms with Gasteiger partial charge in [0.05, 0.1) is 6.04 Å². The zero-order valence-corrected chi connectivity index (χ0v) is 14.8. The first-order valence-corrected chi connectivity index (χ1v) is 7.01. The number of likely N-dealkylation sites (tertiary alicyclic amines) is 1. The van der Waals surface area contributed by atoms with Crippen LogP contribution in [0.2, 0.25) is 0 Å². The third-order valence-electron chi connectivity index (χ3n) is 3.34. The summed E-state index contributed by atoms with van der Waals surface area (Å²) < 4.78 is 0. The molecule has 0 radical (unpaired) electrons. The summed E-state index contributed by atoms with van der Waals surface area (Å²) in [6, 6.07) is 10.2. The van der Waals surface area contributed by atoms with Crippen molar-refractivity contribution in [3.05, 3.63) is 35.9 Å². The van der Waals surface area contributed by atoms with E-state index in [0.29, 0.717) is 13.0 Å². The second kappa shape index (κ2) is 8.86. The predicted molar refractivity (Wildman–Crippen MR) is 95.9 cm³/mol. The Morgan fingerprint density at radius 1 is 1.38 bits per heavy atom. The first-order valence-electron chi connectivity index (χ1n) is 7.01. The molecule has 1 unspecified atom stereocenters. The molecule has 1 saturated heterocycles. The minimum atomic E-state index is 0. The number of benzene rings is 1. The molecule has 0 saturated carbocycles. The average molecular weight is 402 g/mol. The van der Waals surface area contributed by atoms with E-state index in [2.05, 4.69) is 15.6 Å². The maximum absolute atomic E-state index is 12.0. The number of carbonyl (C=O) groups excluding carboxylic acids is 1. The van der Waals surface area contributed by atoms with Crippen molar-refractivity contribution in [2.75, 3.05) is 20.1 Å². The van der Waals surface area contributed by atoms with Crippen LogP contribution in [0.5, 0.6) is 0 Å². The molecular formula is C15H23IN4O. The summed E-state index contributed by atoms with van der Waals surface area (Å²) in [7, 11) is 1.74. The predicted octanol–water partition coefficient (Wildman–Crippen LogP) is 1.59. The van der Waals surface area contributed by atoms with Crippen molar-refractivity contribution < 1.29 is 4.79 Å². The van der Waals surface area contributed by atoms with Crippen LogP contribution in [-0.2, 0) is 11.3 Å². The van der Waals surface area contributed by atoms with Crippen molar-refractivity contribution in [1.82, 2.24) is 15.5 Å². The Hall–Kier alpha value is -1.31. The summed E-state index contributed by atoms with van der Waals surface area (Å²) in [5, 5.41) is 6.44. The van der Waals surface area contributed by atoms with Gasteiger partial charge in [-0.15, -0.1) is 24.0 Å². The lowest BCUT2D eigenvalue weighted by atomic mass is 10.2. The number of rotatable bonds is 4. The lowest BCUT2D eigenvalue weighted by molar-refractivity contribution is -0.128. The van der Waals surface area contributed by atoms with E-state index >= 15 is 0 Å². The monoisotopic (exact) mass is 402 g/mol. The number of guanidine groups is 1. The Morgan fingerprint density at radius 2 is 2.10 bits per heavy atom. The van der Waals surface area contributed by atoms with Gasteiger partial charge in [0.2, 0.25) is 5.91 Å². The van der Waals surface area contributed by atoms with Gasteiger partial charge in [0.25, 0.3) is 0 Å². The fourth-order valence-corrected chi connectivity index (χ4v) is 2.38. The van der Waals surface area contributed by atoms with Crippen LogP contribution in [-0.4, -0.2) is 42.9 Å². The first-order chi connectivity index (χ1) is 9.72. The van der Waals surface area contributed by atoms with Gasteiger partial charge in [-0.05, 0) is 12.5 Å². The molecule has 2 N–H and O–H groups in total. The highest BCUT2D eigenvalue weighted by molar-refractivity contribution is 14.0. The molecule has 0 aliphatic carbocycles. The molecule has 2 rings (SSSR count). The zero-order valence-electron chi connectivity index (χ0n) is 12.5. The molecule has 0 spiro atoms. The third-order valence-corrected chi connectivity index (χ3v) is 3.34. The first kappa shape index (κ1) is 17.7. The Bertz CT molecular complexity index is 478.